The second-order valence-corrected chi connectivity index (χ2v) is 6.02. The Morgan fingerprint density at radius 1 is 1.24 bits per heavy atom. The number of primary amides is 1. The molecule has 0 bridgehead atoms. The van der Waals surface area contributed by atoms with Gasteiger partial charge in [0, 0.05) is 27.2 Å². The molecule has 4 N–H and O–H groups in total. The molecule has 0 radical (unpaired) electrons. The summed E-state index contributed by atoms with van der Waals surface area (Å²) in [5.41, 5.74) is 11.9. The van der Waals surface area contributed by atoms with Crippen molar-refractivity contribution >= 4 is 33.8 Å². The third-order valence-electron chi connectivity index (χ3n) is 3.22. The zero-order chi connectivity index (χ0) is 16.2. The Morgan fingerprint density at radius 3 is 2.29 bits per heavy atom. The molecule has 0 aromatic carbocycles. The van der Waals surface area contributed by atoms with Crippen molar-refractivity contribution in [3.05, 3.63) is 10.4 Å². The second-order valence-electron chi connectivity index (χ2n) is 5.02. The molecule has 0 unspecified atom stereocenters. The van der Waals surface area contributed by atoms with Gasteiger partial charge in [-0.3, -0.25) is 9.59 Å². The van der Waals surface area contributed by atoms with Crippen LogP contribution in [0.3, 0.4) is 0 Å². The summed E-state index contributed by atoms with van der Waals surface area (Å²) in [7, 11) is 3.31. The van der Waals surface area contributed by atoms with Crippen LogP contribution in [0.1, 0.15) is 46.7 Å². The molecule has 0 aliphatic carbocycles. The number of carbonyl (C=O) groups is 2. The maximum Gasteiger partial charge on any atom is 0.265 e. The van der Waals surface area contributed by atoms with E-state index in [4.69, 9.17) is 11.5 Å². The van der Waals surface area contributed by atoms with Crippen LogP contribution in [-0.2, 0) is 0 Å². The average Bonchev–Trinajstić information content (AvgIpc) is 2.76. The van der Waals surface area contributed by atoms with Gasteiger partial charge >= 0.3 is 0 Å². The summed E-state index contributed by atoms with van der Waals surface area (Å²) >= 11 is 1.24. The highest BCUT2D eigenvalue weighted by atomic mass is 32.1. The lowest BCUT2D eigenvalue weighted by Crippen LogP contribution is -2.26. The summed E-state index contributed by atoms with van der Waals surface area (Å²) in [5, 5.41) is 0.696. The molecular weight excluding hydrogens is 288 g/mol. The van der Waals surface area contributed by atoms with Gasteiger partial charge < -0.3 is 21.3 Å². The van der Waals surface area contributed by atoms with Crippen LogP contribution in [0.4, 0.5) is 10.7 Å². The molecular formula is C14H24N4O2S. The molecule has 1 rings (SSSR count). The van der Waals surface area contributed by atoms with Crippen molar-refractivity contribution in [1.29, 1.82) is 0 Å². The highest BCUT2D eigenvalue weighted by molar-refractivity contribution is 7.19. The predicted molar refractivity (Wildman–Crippen MR) is 88.1 cm³/mol. The van der Waals surface area contributed by atoms with Gasteiger partial charge in [0.15, 0.2) is 0 Å². The number of hydrogen-bond acceptors (Lipinski definition) is 5. The normalized spacial score (nSPS) is 10.5. The quantitative estimate of drug-likeness (QED) is 0.802. The summed E-state index contributed by atoms with van der Waals surface area (Å²) in [4.78, 5) is 27.8. The number of rotatable bonds is 7. The van der Waals surface area contributed by atoms with Crippen LogP contribution < -0.4 is 16.4 Å². The van der Waals surface area contributed by atoms with Crippen LogP contribution in [0.5, 0.6) is 0 Å². The molecule has 0 fully saturated rings. The molecule has 1 aromatic rings. The summed E-state index contributed by atoms with van der Waals surface area (Å²) in [5.74, 6) is -0.802. The lowest BCUT2D eigenvalue weighted by atomic mass is 10.2. The SMILES string of the molecule is CCCCN(CC)c1sc(C(=O)N(C)C)c(N)c1C(N)=O. The third kappa shape index (κ3) is 3.66. The molecule has 6 nitrogen and oxygen atoms in total. The molecule has 0 saturated heterocycles. The summed E-state index contributed by atoms with van der Waals surface area (Å²) in [6, 6.07) is 0. The molecule has 7 heteroatoms. The number of nitrogen functional groups attached to an aromatic ring is 1. The predicted octanol–water partition coefficient (Wildman–Crippen LogP) is 1.76. The number of nitrogens with zero attached hydrogens (tertiary/aromatic N) is 2. The van der Waals surface area contributed by atoms with E-state index in [9.17, 15) is 9.59 Å². The van der Waals surface area contributed by atoms with Crippen LogP contribution in [0, 0.1) is 0 Å². The summed E-state index contributed by atoms with van der Waals surface area (Å²) in [6.45, 7) is 5.65. The molecule has 21 heavy (non-hydrogen) atoms. The fraction of sp³-hybridized carbons (Fsp3) is 0.571. The highest BCUT2D eigenvalue weighted by Gasteiger charge is 2.27. The Kier molecular flexibility index (Phi) is 6.02. The van der Waals surface area contributed by atoms with Gasteiger partial charge in [-0.2, -0.15) is 0 Å². The van der Waals surface area contributed by atoms with Crippen LogP contribution in [0.25, 0.3) is 0 Å². The topological polar surface area (TPSA) is 92.7 Å². The van der Waals surface area contributed by atoms with E-state index < -0.39 is 5.91 Å². The van der Waals surface area contributed by atoms with E-state index in [1.54, 1.807) is 14.1 Å². The fourth-order valence-corrected chi connectivity index (χ4v) is 3.34. The number of unbranched alkanes of at least 4 members (excludes halogenated alkanes) is 1. The lowest BCUT2D eigenvalue weighted by Gasteiger charge is -2.22. The molecule has 0 aliphatic rings. The molecule has 1 aromatic heterocycles. The van der Waals surface area contributed by atoms with E-state index in [1.165, 1.54) is 16.2 Å². The second kappa shape index (κ2) is 7.31. The largest absolute Gasteiger partial charge is 0.397 e. The Morgan fingerprint density at radius 2 is 1.86 bits per heavy atom. The highest BCUT2D eigenvalue weighted by Crippen LogP contribution is 2.38. The minimum absolute atomic E-state index is 0.191. The van der Waals surface area contributed by atoms with Gasteiger partial charge in [0.1, 0.15) is 9.88 Å². The molecule has 0 spiro atoms. The standard InChI is InChI=1S/C14H24N4O2S/c1-5-7-8-18(6-2)14-9(12(16)19)10(15)11(21-14)13(20)17(3)4/h5-8,15H2,1-4H3,(H2,16,19). The van der Waals surface area contributed by atoms with Crippen LogP contribution in [0.15, 0.2) is 0 Å². The molecule has 118 valence electrons. The van der Waals surface area contributed by atoms with Crippen molar-refractivity contribution in [2.75, 3.05) is 37.8 Å². The number of thiophene rings is 1. The Balaban J connectivity index is 3.33. The van der Waals surface area contributed by atoms with Crippen molar-refractivity contribution in [1.82, 2.24) is 4.90 Å². The third-order valence-corrected chi connectivity index (χ3v) is 4.48. The van der Waals surface area contributed by atoms with Gasteiger partial charge in [-0.15, -0.1) is 11.3 Å². The zero-order valence-corrected chi connectivity index (χ0v) is 13.9. The van der Waals surface area contributed by atoms with Crippen LogP contribution in [-0.4, -0.2) is 43.9 Å². The van der Waals surface area contributed by atoms with Crippen molar-refractivity contribution in [3.8, 4) is 0 Å². The van der Waals surface area contributed by atoms with Gasteiger partial charge in [0.25, 0.3) is 11.8 Å². The van der Waals surface area contributed by atoms with Crippen LogP contribution in [0.2, 0.25) is 0 Å². The van der Waals surface area contributed by atoms with E-state index in [1.807, 2.05) is 6.92 Å². The van der Waals surface area contributed by atoms with Gasteiger partial charge in [0.05, 0.1) is 11.3 Å². The minimum Gasteiger partial charge on any atom is -0.397 e. The monoisotopic (exact) mass is 312 g/mol. The molecule has 2 amide bonds. The Labute approximate surface area is 129 Å². The van der Waals surface area contributed by atoms with E-state index in [0.717, 1.165) is 25.9 Å². The van der Waals surface area contributed by atoms with E-state index in [0.29, 0.717) is 9.88 Å². The van der Waals surface area contributed by atoms with Gasteiger partial charge in [-0.05, 0) is 13.3 Å². The molecule has 0 aliphatic heterocycles. The first-order chi connectivity index (χ1) is 9.84. The Hall–Kier alpha value is -1.76. The van der Waals surface area contributed by atoms with Crippen molar-refractivity contribution in [3.63, 3.8) is 0 Å². The number of anilines is 2. The van der Waals surface area contributed by atoms with Crippen molar-refractivity contribution in [2.45, 2.75) is 26.7 Å². The first-order valence-corrected chi connectivity index (χ1v) is 7.85. The van der Waals surface area contributed by atoms with Crippen molar-refractivity contribution in [2.24, 2.45) is 5.73 Å². The van der Waals surface area contributed by atoms with Crippen molar-refractivity contribution < 1.29 is 9.59 Å². The maximum atomic E-state index is 12.2. The Bertz CT molecular complexity index is 525. The van der Waals surface area contributed by atoms with Gasteiger partial charge in [-0.25, -0.2) is 0 Å². The minimum atomic E-state index is -0.591. The number of carbonyl (C=O) groups excluding carboxylic acids is 2. The number of nitrogens with two attached hydrogens (primary N) is 2. The first-order valence-electron chi connectivity index (χ1n) is 7.03. The first kappa shape index (κ1) is 17.3. The smallest absolute Gasteiger partial charge is 0.265 e. The van der Waals surface area contributed by atoms with E-state index in [-0.39, 0.29) is 17.2 Å². The molecule has 0 saturated carbocycles. The van der Waals surface area contributed by atoms with Gasteiger partial charge in [0.2, 0.25) is 0 Å². The fourth-order valence-electron chi connectivity index (χ4n) is 2.01. The van der Waals surface area contributed by atoms with Gasteiger partial charge in [-0.1, -0.05) is 13.3 Å². The number of hydrogen-bond donors (Lipinski definition) is 2. The lowest BCUT2D eigenvalue weighted by molar-refractivity contribution is 0.0833. The molecule has 0 atom stereocenters. The number of amides is 2. The average molecular weight is 312 g/mol. The summed E-state index contributed by atoms with van der Waals surface area (Å²) in [6.07, 6.45) is 2.05. The van der Waals surface area contributed by atoms with Crippen LogP contribution >= 0.6 is 11.3 Å². The van der Waals surface area contributed by atoms with E-state index >= 15 is 0 Å². The maximum absolute atomic E-state index is 12.2. The zero-order valence-electron chi connectivity index (χ0n) is 13.1. The van der Waals surface area contributed by atoms with E-state index in [2.05, 4.69) is 11.8 Å². The summed E-state index contributed by atoms with van der Waals surface area (Å²) < 4.78 is 0. The molecule has 1 heterocycles.